The second-order valence-corrected chi connectivity index (χ2v) is 6.14. The second-order valence-electron chi connectivity index (χ2n) is 6.14. The lowest BCUT2D eigenvalue weighted by Gasteiger charge is -2.08. The molecule has 0 fully saturated rings. The van der Waals surface area contributed by atoms with Gasteiger partial charge >= 0.3 is 0 Å². The molecular weight excluding hydrogens is 343 g/mol. The maximum atomic E-state index is 13.1. The Labute approximate surface area is 154 Å². The lowest BCUT2D eigenvalue weighted by molar-refractivity contribution is 0.0968. The molecule has 0 aliphatic heterocycles. The molecule has 0 atom stereocenters. The number of halogens is 1. The number of carbonyl (C=O) groups is 2. The summed E-state index contributed by atoms with van der Waals surface area (Å²) in [5.41, 5.74) is 2.23. The minimum absolute atomic E-state index is 0.0555. The number of ketones is 2. The summed E-state index contributed by atoms with van der Waals surface area (Å²) in [5, 5.41) is 0. The third kappa shape index (κ3) is 3.27. The maximum Gasteiger partial charge on any atom is 0.228 e. The Morgan fingerprint density at radius 1 is 0.815 bits per heavy atom. The van der Waals surface area contributed by atoms with Gasteiger partial charge in [0.2, 0.25) is 5.78 Å². The van der Waals surface area contributed by atoms with Gasteiger partial charge in [-0.25, -0.2) is 9.37 Å². The zero-order valence-corrected chi connectivity index (χ0v) is 14.3. The Morgan fingerprint density at radius 3 is 2.22 bits per heavy atom. The number of benzene rings is 3. The summed E-state index contributed by atoms with van der Waals surface area (Å²) in [6.07, 6.45) is 0. The van der Waals surface area contributed by atoms with E-state index in [9.17, 15) is 14.0 Å². The number of rotatable bonds is 5. The third-order valence-corrected chi connectivity index (χ3v) is 4.36. The Bertz CT molecular complexity index is 1130. The van der Waals surface area contributed by atoms with Gasteiger partial charge in [-0.15, -0.1) is 0 Å². The highest BCUT2D eigenvalue weighted by Gasteiger charge is 2.21. The number of Topliss-reactive ketones (excluding diaryl/α,β-unsaturated/α-hetero) is 1. The van der Waals surface area contributed by atoms with Crippen LogP contribution in [0.15, 0.2) is 78.9 Å². The molecule has 5 heteroatoms. The van der Waals surface area contributed by atoms with Crippen LogP contribution in [0, 0.1) is 5.82 Å². The smallest absolute Gasteiger partial charge is 0.228 e. The van der Waals surface area contributed by atoms with Gasteiger partial charge in [-0.3, -0.25) is 9.59 Å². The Hall–Kier alpha value is -3.60. The van der Waals surface area contributed by atoms with Crippen LogP contribution in [0.4, 0.5) is 4.39 Å². The number of fused-ring (bicyclic) bond motifs is 1. The fourth-order valence-corrected chi connectivity index (χ4v) is 3.00. The SMILES string of the molecule is O=C(Cn1c(C(=O)c2ccccc2)nc2ccccc21)c1ccc(F)cc1. The van der Waals surface area contributed by atoms with Crippen molar-refractivity contribution >= 4 is 22.6 Å². The average Bonchev–Trinajstić information content (AvgIpc) is 3.07. The van der Waals surface area contributed by atoms with Crippen LogP contribution < -0.4 is 0 Å². The largest absolute Gasteiger partial charge is 0.313 e. The summed E-state index contributed by atoms with van der Waals surface area (Å²) in [7, 11) is 0. The number of aromatic nitrogens is 2. The molecule has 0 aliphatic rings. The van der Waals surface area contributed by atoms with Crippen LogP contribution in [0.1, 0.15) is 26.5 Å². The zero-order valence-electron chi connectivity index (χ0n) is 14.3. The number of para-hydroxylation sites is 2. The van der Waals surface area contributed by atoms with Gasteiger partial charge in [0.15, 0.2) is 11.6 Å². The summed E-state index contributed by atoms with van der Waals surface area (Å²) in [6.45, 7) is -0.0555. The van der Waals surface area contributed by atoms with Gasteiger partial charge < -0.3 is 4.57 Å². The number of imidazole rings is 1. The maximum absolute atomic E-state index is 13.1. The highest BCUT2D eigenvalue weighted by Crippen LogP contribution is 2.20. The zero-order chi connectivity index (χ0) is 18.8. The quantitative estimate of drug-likeness (QED) is 0.500. The van der Waals surface area contributed by atoms with Gasteiger partial charge in [-0.05, 0) is 36.4 Å². The van der Waals surface area contributed by atoms with Crippen LogP contribution in [0.3, 0.4) is 0 Å². The highest BCUT2D eigenvalue weighted by molar-refractivity contribution is 6.09. The summed E-state index contributed by atoms with van der Waals surface area (Å²) < 4.78 is 14.7. The molecule has 4 aromatic rings. The van der Waals surface area contributed by atoms with Crippen LogP contribution in [-0.4, -0.2) is 21.1 Å². The average molecular weight is 358 g/mol. The van der Waals surface area contributed by atoms with Crippen LogP contribution in [0.5, 0.6) is 0 Å². The van der Waals surface area contributed by atoms with Crippen molar-refractivity contribution in [2.75, 3.05) is 0 Å². The molecule has 27 heavy (non-hydrogen) atoms. The topological polar surface area (TPSA) is 52.0 Å². The predicted molar refractivity (Wildman–Crippen MR) is 100 cm³/mol. The Morgan fingerprint density at radius 2 is 1.48 bits per heavy atom. The Kier molecular flexibility index (Phi) is 4.34. The van der Waals surface area contributed by atoms with E-state index in [1.165, 1.54) is 24.3 Å². The number of hydrogen-bond donors (Lipinski definition) is 0. The van der Waals surface area contributed by atoms with Crippen molar-refractivity contribution in [3.05, 3.63) is 102 Å². The fourth-order valence-electron chi connectivity index (χ4n) is 3.00. The second kappa shape index (κ2) is 6.96. The number of carbonyl (C=O) groups excluding carboxylic acids is 2. The Balaban J connectivity index is 1.78. The van der Waals surface area contributed by atoms with Gasteiger partial charge in [0.05, 0.1) is 17.6 Å². The minimum Gasteiger partial charge on any atom is -0.313 e. The van der Waals surface area contributed by atoms with Crippen LogP contribution in [0.2, 0.25) is 0 Å². The number of hydrogen-bond acceptors (Lipinski definition) is 3. The molecule has 4 nitrogen and oxygen atoms in total. The summed E-state index contributed by atoms with van der Waals surface area (Å²) in [4.78, 5) is 30.1. The van der Waals surface area contributed by atoms with Crippen molar-refractivity contribution in [2.24, 2.45) is 0 Å². The summed E-state index contributed by atoms with van der Waals surface area (Å²) in [5.74, 6) is -0.670. The van der Waals surface area contributed by atoms with E-state index in [2.05, 4.69) is 4.98 Å². The molecule has 0 saturated carbocycles. The molecular formula is C22H15FN2O2. The van der Waals surface area contributed by atoms with E-state index in [-0.39, 0.29) is 23.9 Å². The standard InChI is InChI=1S/C22H15FN2O2/c23-17-12-10-15(11-13-17)20(26)14-25-19-9-5-4-8-18(19)24-22(25)21(27)16-6-2-1-3-7-16/h1-13H,14H2. The first kappa shape index (κ1) is 16.8. The van der Waals surface area contributed by atoms with Crippen LogP contribution >= 0.6 is 0 Å². The van der Waals surface area contributed by atoms with Crippen molar-refractivity contribution in [1.29, 1.82) is 0 Å². The molecule has 0 N–H and O–H groups in total. The van der Waals surface area contributed by atoms with Gasteiger partial charge in [-0.2, -0.15) is 0 Å². The molecule has 4 rings (SSSR count). The predicted octanol–water partition coefficient (Wildman–Crippen LogP) is 4.29. The van der Waals surface area contributed by atoms with E-state index in [0.717, 1.165) is 0 Å². The summed E-state index contributed by atoms with van der Waals surface area (Å²) in [6, 6.07) is 21.5. The molecule has 0 saturated heterocycles. The van der Waals surface area contributed by atoms with Crippen molar-refractivity contribution < 1.29 is 14.0 Å². The third-order valence-electron chi connectivity index (χ3n) is 4.36. The van der Waals surface area contributed by atoms with Crippen LogP contribution in [-0.2, 0) is 6.54 Å². The first-order valence-corrected chi connectivity index (χ1v) is 8.47. The van der Waals surface area contributed by atoms with Crippen molar-refractivity contribution in [2.45, 2.75) is 6.54 Å². The fraction of sp³-hybridized carbons (Fsp3) is 0.0455. The lowest BCUT2D eigenvalue weighted by Crippen LogP contribution is -2.17. The van der Waals surface area contributed by atoms with E-state index < -0.39 is 5.82 Å². The molecule has 1 heterocycles. The number of nitrogens with zero attached hydrogens (tertiary/aromatic N) is 2. The van der Waals surface area contributed by atoms with Gasteiger partial charge in [0.1, 0.15) is 5.82 Å². The molecule has 1 aromatic heterocycles. The molecule has 0 radical (unpaired) electrons. The lowest BCUT2D eigenvalue weighted by atomic mass is 10.1. The molecule has 0 amide bonds. The van der Waals surface area contributed by atoms with E-state index in [4.69, 9.17) is 0 Å². The minimum atomic E-state index is -0.403. The normalized spacial score (nSPS) is 10.9. The molecule has 0 spiro atoms. The van der Waals surface area contributed by atoms with Crippen molar-refractivity contribution in [3.8, 4) is 0 Å². The van der Waals surface area contributed by atoms with E-state index >= 15 is 0 Å². The highest BCUT2D eigenvalue weighted by atomic mass is 19.1. The van der Waals surface area contributed by atoms with Crippen molar-refractivity contribution in [1.82, 2.24) is 9.55 Å². The molecule has 0 bridgehead atoms. The van der Waals surface area contributed by atoms with Gasteiger partial charge in [-0.1, -0.05) is 42.5 Å². The molecule has 0 unspecified atom stereocenters. The molecule has 0 aliphatic carbocycles. The molecule has 3 aromatic carbocycles. The monoisotopic (exact) mass is 358 g/mol. The van der Waals surface area contributed by atoms with E-state index in [1.807, 2.05) is 24.3 Å². The van der Waals surface area contributed by atoms with Crippen LogP contribution in [0.25, 0.3) is 11.0 Å². The van der Waals surface area contributed by atoms with Crippen molar-refractivity contribution in [3.63, 3.8) is 0 Å². The van der Waals surface area contributed by atoms with Gasteiger partial charge in [0.25, 0.3) is 0 Å². The van der Waals surface area contributed by atoms with E-state index in [0.29, 0.717) is 22.2 Å². The van der Waals surface area contributed by atoms with E-state index in [1.54, 1.807) is 34.9 Å². The first-order valence-electron chi connectivity index (χ1n) is 8.47. The molecule has 132 valence electrons. The van der Waals surface area contributed by atoms with Gasteiger partial charge in [0, 0.05) is 11.1 Å². The summed E-state index contributed by atoms with van der Waals surface area (Å²) >= 11 is 0. The first-order chi connectivity index (χ1) is 13.1.